The first-order chi connectivity index (χ1) is 16.6. The van der Waals surface area contributed by atoms with Crippen LogP contribution in [0.3, 0.4) is 0 Å². The van der Waals surface area contributed by atoms with Crippen LogP contribution in [0.5, 0.6) is 0 Å². The van der Waals surface area contributed by atoms with Crippen molar-refractivity contribution in [1.29, 1.82) is 0 Å². The number of nitrogens with two attached hydrogens (primary N) is 1. The third-order valence-electron chi connectivity index (χ3n) is 7.02. The van der Waals surface area contributed by atoms with Gasteiger partial charge in [0.2, 0.25) is 11.8 Å². The Morgan fingerprint density at radius 2 is 1.29 bits per heavy atom. The molecule has 1 aromatic carbocycles. The average molecular weight is 471 g/mol. The quantitative estimate of drug-likeness (QED) is 0.688. The van der Waals surface area contributed by atoms with Crippen molar-refractivity contribution in [1.82, 2.24) is 14.9 Å². The van der Waals surface area contributed by atoms with Gasteiger partial charge in [0, 0.05) is 77.7 Å². The number of hydrogen-bond donors (Lipinski definition) is 1. The zero-order valence-electron chi connectivity index (χ0n) is 20.0. The van der Waals surface area contributed by atoms with E-state index in [1.165, 1.54) is 5.69 Å². The number of morpholine rings is 1. The summed E-state index contributed by atoms with van der Waals surface area (Å²) >= 11 is 0. The van der Waals surface area contributed by atoms with E-state index in [4.69, 9.17) is 20.4 Å². The van der Waals surface area contributed by atoms with Crippen molar-refractivity contribution in [2.45, 2.75) is 6.54 Å². The van der Waals surface area contributed by atoms with Gasteiger partial charge < -0.3 is 35.0 Å². The molecule has 34 heavy (non-hydrogen) atoms. The predicted octanol–water partition coefficient (Wildman–Crippen LogP) is 0.989. The highest BCUT2D eigenvalue weighted by Gasteiger charge is 2.29. The Labute approximate surface area is 200 Å². The van der Waals surface area contributed by atoms with Crippen molar-refractivity contribution in [2.24, 2.45) is 5.73 Å². The van der Waals surface area contributed by atoms with Crippen LogP contribution in [0.25, 0.3) is 0 Å². The topological polar surface area (TPSA) is 77.2 Å². The van der Waals surface area contributed by atoms with Gasteiger partial charge >= 0.3 is 0 Å². The third kappa shape index (κ3) is 4.89. The molecule has 0 aliphatic carbocycles. The molecule has 3 aliphatic heterocycles. The van der Waals surface area contributed by atoms with Gasteiger partial charge in [-0.25, -0.2) is 0 Å². The van der Waals surface area contributed by atoms with E-state index >= 15 is 4.39 Å². The summed E-state index contributed by atoms with van der Waals surface area (Å²) in [5.41, 5.74) is 8.03. The van der Waals surface area contributed by atoms with Gasteiger partial charge in [-0.1, -0.05) is 12.1 Å². The zero-order valence-corrected chi connectivity index (χ0v) is 20.0. The molecular weight excluding hydrogens is 435 g/mol. The zero-order chi connectivity index (χ0) is 23.5. The summed E-state index contributed by atoms with van der Waals surface area (Å²) in [4.78, 5) is 20.3. The number of rotatable bonds is 5. The van der Waals surface area contributed by atoms with E-state index < -0.39 is 0 Å². The molecule has 3 fully saturated rings. The van der Waals surface area contributed by atoms with Crippen LogP contribution in [0.15, 0.2) is 24.3 Å². The first kappa shape index (κ1) is 23.1. The molecule has 0 amide bonds. The van der Waals surface area contributed by atoms with E-state index in [0.717, 1.165) is 57.9 Å². The first-order valence-electron chi connectivity index (χ1n) is 12.2. The van der Waals surface area contributed by atoms with E-state index in [9.17, 15) is 0 Å². The normalized spacial score (nSPS) is 20.2. The summed E-state index contributed by atoms with van der Waals surface area (Å²) in [6.45, 7) is 9.61. The minimum absolute atomic E-state index is 0.303. The molecule has 0 bridgehead atoms. The lowest BCUT2D eigenvalue weighted by Crippen LogP contribution is -2.48. The number of halogens is 1. The van der Waals surface area contributed by atoms with Crippen LogP contribution in [-0.2, 0) is 11.3 Å². The van der Waals surface area contributed by atoms with Crippen LogP contribution in [0.4, 0.5) is 27.7 Å². The molecule has 0 radical (unpaired) electrons. The Balaban J connectivity index is 1.38. The summed E-state index contributed by atoms with van der Waals surface area (Å²) < 4.78 is 21.4. The number of aromatic nitrogens is 2. The van der Waals surface area contributed by atoms with Crippen LogP contribution >= 0.6 is 0 Å². The molecule has 2 aromatic rings. The van der Waals surface area contributed by atoms with Gasteiger partial charge in [-0.15, -0.1) is 0 Å². The summed E-state index contributed by atoms with van der Waals surface area (Å²) in [5.74, 6) is 1.15. The maximum atomic E-state index is 15.9. The Morgan fingerprint density at radius 1 is 0.765 bits per heavy atom. The Bertz CT molecular complexity index is 952. The summed E-state index contributed by atoms with van der Waals surface area (Å²) in [7, 11) is 2.10. The maximum absolute atomic E-state index is 15.9. The van der Waals surface area contributed by atoms with Gasteiger partial charge in [-0.05, 0) is 24.7 Å². The number of ether oxygens (including phenoxy) is 1. The molecule has 0 saturated carbocycles. The van der Waals surface area contributed by atoms with Gasteiger partial charge in [0.25, 0.3) is 0 Å². The van der Waals surface area contributed by atoms with Gasteiger partial charge in [0.15, 0.2) is 11.6 Å². The van der Waals surface area contributed by atoms with Crippen molar-refractivity contribution >= 4 is 23.3 Å². The number of likely N-dealkylation sites (N-methyl/N-ethyl adjacent to an activating group) is 1. The molecule has 3 aliphatic rings. The molecule has 0 atom stereocenters. The van der Waals surface area contributed by atoms with Crippen LogP contribution < -0.4 is 25.3 Å². The summed E-state index contributed by atoms with van der Waals surface area (Å²) in [5, 5.41) is 0. The van der Waals surface area contributed by atoms with Gasteiger partial charge in [-0.3, -0.25) is 0 Å². The van der Waals surface area contributed by atoms with E-state index in [1.54, 1.807) is 0 Å². The second kappa shape index (κ2) is 10.3. The van der Waals surface area contributed by atoms with Gasteiger partial charge in [0.05, 0.1) is 13.2 Å². The molecular formula is C24H35FN8O. The minimum Gasteiger partial charge on any atom is -0.378 e. The highest BCUT2D eigenvalue weighted by atomic mass is 19.1. The lowest BCUT2D eigenvalue weighted by atomic mass is 10.2. The fourth-order valence-corrected chi connectivity index (χ4v) is 4.77. The molecule has 184 valence electrons. The Kier molecular flexibility index (Phi) is 6.98. The number of nitrogens with zero attached hydrogens (tertiary/aromatic N) is 7. The lowest BCUT2D eigenvalue weighted by molar-refractivity contribution is 0.122. The first-order valence-corrected chi connectivity index (χ1v) is 12.2. The second-order valence-corrected chi connectivity index (χ2v) is 9.22. The SMILES string of the molecule is CN1CCN(c2nc(N3CCOCC3)nc(N3CCN(c4ccc(CN)cc4)CC3)c2F)CC1. The van der Waals surface area contributed by atoms with Gasteiger partial charge in [-0.2, -0.15) is 14.4 Å². The van der Waals surface area contributed by atoms with Crippen molar-refractivity contribution in [3.8, 4) is 0 Å². The minimum atomic E-state index is -0.303. The van der Waals surface area contributed by atoms with Crippen molar-refractivity contribution in [3.05, 3.63) is 35.6 Å². The molecule has 9 nitrogen and oxygen atoms in total. The highest BCUT2D eigenvalue weighted by Crippen LogP contribution is 2.30. The lowest BCUT2D eigenvalue weighted by Gasteiger charge is -2.38. The van der Waals surface area contributed by atoms with E-state index in [1.807, 2.05) is 0 Å². The van der Waals surface area contributed by atoms with Crippen molar-refractivity contribution in [2.75, 3.05) is 105 Å². The second-order valence-electron chi connectivity index (χ2n) is 9.22. The molecule has 0 spiro atoms. The standard InChI is InChI=1S/C24H35FN8O/c1-29-6-8-31(9-7-29)22-21(25)23(28-24(27-22)33-14-16-34-17-15-33)32-12-10-30(11-13-32)20-4-2-19(18-26)3-5-20/h2-5H,6-18,26H2,1H3. The molecule has 4 heterocycles. The Morgan fingerprint density at radius 3 is 1.85 bits per heavy atom. The van der Waals surface area contributed by atoms with Crippen molar-refractivity contribution in [3.63, 3.8) is 0 Å². The average Bonchev–Trinajstić information content (AvgIpc) is 2.90. The smallest absolute Gasteiger partial charge is 0.229 e. The molecule has 2 N–H and O–H groups in total. The molecule has 1 aromatic heterocycles. The monoisotopic (exact) mass is 470 g/mol. The largest absolute Gasteiger partial charge is 0.378 e. The van der Waals surface area contributed by atoms with Crippen LogP contribution in [0.2, 0.25) is 0 Å². The van der Waals surface area contributed by atoms with E-state index in [-0.39, 0.29) is 5.82 Å². The highest BCUT2D eigenvalue weighted by molar-refractivity contribution is 5.59. The number of anilines is 4. The van der Waals surface area contributed by atoms with Gasteiger partial charge in [0.1, 0.15) is 0 Å². The summed E-state index contributed by atoms with van der Waals surface area (Å²) in [6.07, 6.45) is 0. The van der Waals surface area contributed by atoms with E-state index in [0.29, 0.717) is 50.4 Å². The molecule has 0 unspecified atom stereocenters. The maximum Gasteiger partial charge on any atom is 0.229 e. The fraction of sp³-hybridized carbons (Fsp3) is 0.583. The van der Waals surface area contributed by atoms with Crippen LogP contribution in [-0.4, -0.2) is 101 Å². The summed E-state index contributed by atoms with van der Waals surface area (Å²) in [6, 6.07) is 8.38. The van der Waals surface area contributed by atoms with Crippen LogP contribution in [0.1, 0.15) is 5.56 Å². The number of benzene rings is 1. The molecule has 10 heteroatoms. The van der Waals surface area contributed by atoms with Crippen molar-refractivity contribution < 1.29 is 9.13 Å². The predicted molar refractivity (Wildman–Crippen MR) is 133 cm³/mol. The number of hydrogen-bond acceptors (Lipinski definition) is 9. The third-order valence-corrected chi connectivity index (χ3v) is 7.02. The molecule has 3 saturated heterocycles. The van der Waals surface area contributed by atoms with E-state index in [2.05, 4.69) is 55.8 Å². The van der Waals surface area contributed by atoms with Crippen LogP contribution in [0, 0.1) is 5.82 Å². The molecule has 5 rings (SSSR count). The fourth-order valence-electron chi connectivity index (χ4n) is 4.77. The Hall–Kier alpha value is -2.69. The number of piperazine rings is 2.